The van der Waals surface area contributed by atoms with E-state index >= 15 is 0 Å². The van der Waals surface area contributed by atoms with Gasteiger partial charge in [-0.3, -0.25) is 4.79 Å². The average Bonchev–Trinajstić information content (AvgIpc) is 2.19. The fourth-order valence-corrected chi connectivity index (χ4v) is 2.16. The second kappa shape index (κ2) is 3.65. The average molecular weight is 208 g/mol. The Kier molecular flexibility index (Phi) is 2.47. The molecular formula is C12H13FO2. The van der Waals surface area contributed by atoms with Crippen LogP contribution in [0.15, 0.2) is 24.3 Å². The molecule has 1 aromatic rings. The van der Waals surface area contributed by atoms with E-state index in [-0.39, 0.29) is 11.8 Å². The van der Waals surface area contributed by atoms with E-state index in [1.54, 1.807) is 18.2 Å². The maximum atomic E-state index is 13.6. The molecule has 2 rings (SSSR count). The van der Waals surface area contributed by atoms with Crippen LogP contribution in [0.2, 0.25) is 0 Å². The summed E-state index contributed by atoms with van der Waals surface area (Å²) in [5.74, 6) is -0.638. The molecule has 0 bridgehead atoms. The molecule has 0 heterocycles. The topological polar surface area (TPSA) is 26.3 Å². The van der Waals surface area contributed by atoms with Crippen LogP contribution in [0.25, 0.3) is 0 Å². The Morgan fingerprint density at radius 3 is 2.53 bits per heavy atom. The fraction of sp³-hybridized carbons (Fsp3) is 0.417. The minimum absolute atomic E-state index is 0.317. The van der Waals surface area contributed by atoms with Crippen LogP contribution in [0.1, 0.15) is 24.8 Å². The number of hydrogen-bond acceptors (Lipinski definition) is 2. The molecule has 1 aromatic carbocycles. The van der Waals surface area contributed by atoms with E-state index in [1.807, 2.05) is 0 Å². The van der Waals surface area contributed by atoms with Gasteiger partial charge in [0.15, 0.2) is 0 Å². The van der Waals surface area contributed by atoms with Gasteiger partial charge in [-0.15, -0.1) is 0 Å². The summed E-state index contributed by atoms with van der Waals surface area (Å²) in [4.78, 5) is 11.7. The van der Waals surface area contributed by atoms with Crippen molar-refractivity contribution in [2.24, 2.45) is 0 Å². The van der Waals surface area contributed by atoms with Crippen LogP contribution in [0.5, 0.6) is 0 Å². The lowest BCUT2D eigenvalue weighted by Crippen LogP contribution is -2.43. The zero-order valence-electron chi connectivity index (χ0n) is 8.63. The molecule has 0 atom stereocenters. The Balaban J connectivity index is 2.43. The number of benzene rings is 1. The highest BCUT2D eigenvalue weighted by molar-refractivity contribution is 5.84. The third-order valence-electron chi connectivity index (χ3n) is 3.17. The predicted octanol–water partition coefficient (Wildman–Crippen LogP) is 2.42. The van der Waals surface area contributed by atoms with Gasteiger partial charge in [0.25, 0.3) is 0 Å². The lowest BCUT2D eigenvalue weighted by molar-refractivity contribution is -0.151. The molecule has 0 N–H and O–H groups in total. The minimum atomic E-state index is -0.722. The Bertz CT molecular complexity index is 383. The zero-order valence-corrected chi connectivity index (χ0v) is 8.63. The molecule has 0 spiro atoms. The predicted molar refractivity (Wildman–Crippen MR) is 53.9 cm³/mol. The van der Waals surface area contributed by atoms with Crippen molar-refractivity contribution in [2.75, 3.05) is 7.11 Å². The first-order valence-corrected chi connectivity index (χ1v) is 5.04. The van der Waals surface area contributed by atoms with Crippen molar-refractivity contribution in [2.45, 2.75) is 24.7 Å². The summed E-state index contributed by atoms with van der Waals surface area (Å²) >= 11 is 0. The van der Waals surface area contributed by atoms with Crippen molar-refractivity contribution in [3.05, 3.63) is 35.6 Å². The van der Waals surface area contributed by atoms with Gasteiger partial charge in [0, 0.05) is 5.56 Å². The summed E-state index contributed by atoms with van der Waals surface area (Å²) in [5, 5.41) is 0. The molecule has 0 radical (unpaired) electrons. The fourth-order valence-electron chi connectivity index (χ4n) is 2.16. The summed E-state index contributed by atoms with van der Waals surface area (Å²) in [5.41, 5.74) is -0.247. The maximum Gasteiger partial charge on any atom is 0.316 e. The molecule has 15 heavy (non-hydrogen) atoms. The van der Waals surface area contributed by atoms with Gasteiger partial charge in [0.2, 0.25) is 0 Å². The summed E-state index contributed by atoms with van der Waals surface area (Å²) in [7, 11) is 1.35. The molecule has 1 aliphatic carbocycles. The molecule has 80 valence electrons. The Labute approximate surface area is 88.1 Å². The lowest BCUT2D eigenvalue weighted by Gasteiger charge is -2.39. The Hall–Kier alpha value is -1.38. The smallest absolute Gasteiger partial charge is 0.316 e. The number of halogens is 1. The summed E-state index contributed by atoms with van der Waals surface area (Å²) in [6, 6.07) is 6.44. The maximum absolute atomic E-state index is 13.6. The molecule has 0 amide bonds. The Morgan fingerprint density at radius 1 is 1.40 bits per heavy atom. The van der Waals surface area contributed by atoms with E-state index in [4.69, 9.17) is 4.74 Å². The second-order valence-corrected chi connectivity index (χ2v) is 3.91. The quantitative estimate of drug-likeness (QED) is 0.698. The van der Waals surface area contributed by atoms with Crippen molar-refractivity contribution in [1.82, 2.24) is 0 Å². The van der Waals surface area contributed by atoms with Crippen molar-refractivity contribution in [3.8, 4) is 0 Å². The minimum Gasteiger partial charge on any atom is -0.468 e. The molecule has 0 saturated heterocycles. The van der Waals surface area contributed by atoms with Crippen LogP contribution in [0.4, 0.5) is 4.39 Å². The van der Waals surface area contributed by atoms with Gasteiger partial charge in [-0.05, 0) is 18.9 Å². The van der Waals surface area contributed by atoms with Crippen molar-refractivity contribution in [3.63, 3.8) is 0 Å². The van der Waals surface area contributed by atoms with Crippen LogP contribution in [0, 0.1) is 5.82 Å². The third kappa shape index (κ3) is 1.42. The van der Waals surface area contributed by atoms with E-state index in [1.165, 1.54) is 13.2 Å². The number of carbonyl (C=O) groups excluding carboxylic acids is 1. The standard InChI is InChI=1S/C12H13FO2/c1-15-11(14)12(7-4-8-12)9-5-2-3-6-10(9)13/h2-3,5-6H,4,7-8H2,1H3. The number of methoxy groups -OCH3 is 1. The first kappa shape index (κ1) is 10.1. The van der Waals surface area contributed by atoms with Crippen molar-refractivity contribution >= 4 is 5.97 Å². The number of esters is 1. The molecule has 1 saturated carbocycles. The zero-order chi connectivity index (χ0) is 10.9. The van der Waals surface area contributed by atoms with E-state index in [0.717, 1.165) is 6.42 Å². The highest BCUT2D eigenvalue weighted by Crippen LogP contribution is 2.45. The van der Waals surface area contributed by atoms with E-state index in [9.17, 15) is 9.18 Å². The van der Waals surface area contributed by atoms with Gasteiger partial charge in [0.1, 0.15) is 5.82 Å². The van der Waals surface area contributed by atoms with E-state index in [0.29, 0.717) is 18.4 Å². The van der Waals surface area contributed by atoms with Gasteiger partial charge in [0.05, 0.1) is 12.5 Å². The van der Waals surface area contributed by atoms with Gasteiger partial charge in [-0.25, -0.2) is 4.39 Å². The lowest BCUT2D eigenvalue weighted by atomic mass is 9.64. The molecule has 3 heteroatoms. The number of rotatable bonds is 2. The normalized spacial score (nSPS) is 18.0. The molecule has 2 nitrogen and oxygen atoms in total. The molecule has 0 unspecified atom stereocenters. The van der Waals surface area contributed by atoms with E-state index in [2.05, 4.69) is 0 Å². The third-order valence-corrected chi connectivity index (χ3v) is 3.17. The summed E-state index contributed by atoms with van der Waals surface area (Å²) in [6.07, 6.45) is 2.31. The summed E-state index contributed by atoms with van der Waals surface area (Å²) in [6.45, 7) is 0. The monoisotopic (exact) mass is 208 g/mol. The van der Waals surface area contributed by atoms with Crippen LogP contribution in [-0.2, 0) is 14.9 Å². The number of hydrogen-bond donors (Lipinski definition) is 0. The summed E-state index contributed by atoms with van der Waals surface area (Å²) < 4.78 is 18.4. The van der Waals surface area contributed by atoms with Crippen molar-refractivity contribution < 1.29 is 13.9 Å². The van der Waals surface area contributed by atoms with Gasteiger partial charge in [-0.2, -0.15) is 0 Å². The molecule has 0 aliphatic heterocycles. The highest BCUT2D eigenvalue weighted by Gasteiger charge is 2.48. The van der Waals surface area contributed by atoms with Crippen LogP contribution in [-0.4, -0.2) is 13.1 Å². The largest absolute Gasteiger partial charge is 0.468 e. The van der Waals surface area contributed by atoms with Gasteiger partial charge < -0.3 is 4.74 Å². The van der Waals surface area contributed by atoms with Gasteiger partial charge in [-0.1, -0.05) is 24.6 Å². The molecule has 1 aliphatic rings. The molecule has 0 aromatic heterocycles. The number of carbonyl (C=O) groups is 1. The van der Waals surface area contributed by atoms with Crippen LogP contribution >= 0.6 is 0 Å². The number of ether oxygens (including phenoxy) is 1. The first-order chi connectivity index (χ1) is 7.20. The van der Waals surface area contributed by atoms with Crippen LogP contribution < -0.4 is 0 Å². The molecular weight excluding hydrogens is 195 g/mol. The first-order valence-electron chi connectivity index (χ1n) is 5.04. The van der Waals surface area contributed by atoms with Crippen molar-refractivity contribution in [1.29, 1.82) is 0 Å². The highest BCUT2D eigenvalue weighted by atomic mass is 19.1. The Morgan fingerprint density at radius 2 is 2.07 bits per heavy atom. The van der Waals surface area contributed by atoms with Gasteiger partial charge >= 0.3 is 5.97 Å². The molecule has 1 fully saturated rings. The van der Waals surface area contributed by atoms with Crippen LogP contribution in [0.3, 0.4) is 0 Å². The second-order valence-electron chi connectivity index (χ2n) is 3.91. The van der Waals surface area contributed by atoms with E-state index < -0.39 is 5.41 Å². The SMILES string of the molecule is COC(=O)C1(c2ccccc2F)CCC1.